The van der Waals surface area contributed by atoms with Crippen molar-refractivity contribution in [3.63, 3.8) is 0 Å². The van der Waals surface area contributed by atoms with Crippen LogP contribution < -0.4 is 9.62 Å². The lowest BCUT2D eigenvalue weighted by Gasteiger charge is -2.35. The third-order valence-electron chi connectivity index (χ3n) is 7.95. The zero-order valence-electron chi connectivity index (χ0n) is 24.6. The molecule has 1 aliphatic rings. The summed E-state index contributed by atoms with van der Waals surface area (Å²) in [6, 6.07) is 21.4. The van der Waals surface area contributed by atoms with Crippen molar-refractivity contribution < 1.29 is 18.0 Å². The van der Waals surface area contributed by atoms with Gasteiger partial charge in [-0.05, 0) is 61.1 Å². The predicted octanol–water partition coefficient (Wildman–Crippen LogP) is 5.81. The molecule has 1 N–H and O–H groups in total. The van der Waals surface area contributed by atoms with Crippen molar-refractivity contribution in [2.24, 2.45) is 0 Å². The number of hydrogen-bond acceptors (Lipinski definition) is 4. The standard InChI is InChI=1S/C33H40ClN3O4S/c1-24-12-10-11-15-27(24)22-36(32(38)23-37(42(3,40)41)29-19-18-25(2)30(34)21-29)31(20-26-13-6-4-7-14-26)33(39)35-28-16-8-5-9-17-28/h4,6-7,10-15,18-19,21,28,31H,5,8-9,16-17,20,22-23H2,1-3H3,(H,35,39)/t31-/m0/s1. The minimum absolute atomic E-state index is 0.0576. The molecule has 7 nitrogen and oxygen atoms in total. The first-order valence-corrected chi connectivity index (χ1v) is 16.7. The molecule has 0 aliphatic heterocycles. The van der Waals surface area contributed by atoms with Crippen LogP contribution in [0.5, 0.6) is 0 Å². The Bertz CT molecular complexity index is 1490. The van der Waals surface area contributed by atoms with E-state index in [2.05, 4.69) is 5.32 Å². The Labute approximate surface area is 254 Å². The second-order valence-corrected chi connectivity index (χ2v) is 13.5. The summed E-state index contributed by atoms with van der Waals surface area (Å²) >= 11 is 6.34. The molecule has 1 atom stereocenters. The number of anilines is 1. The van der Waals surface area contributed by atoms with Gasteiger partial charge in [0.25, 0.3) is 0 Å². The maximum Gasteiger partial charge on any atom is 0.244 e. The van der Waals surface area contributed by atoms with E-state index in [4.69, 9.17) is 11.6 Å². The molecule has 1 fully saturated rings. The number of benzene rings is 3. The highest BCUT2D eigenvalue weighted by Gasteiger charge is 2.34. The molecule has 0 spiro atoms. The number of nitrogens with one attached hydrogen (secondary N) is 1. The van der Waals surface area contributed by atoms with E-state index < -0.39 is 28.5 Å². The second-order valence-electron chi connectivity index (χ2n) is 11.2. The van der Waals surface area contributed by atoms with Gasteiger partial charge in [-0.2, -0.15) is 0 Å². The number of nitrogens with zero attached hydrogens (tertiary/aromatic N) is 2. The Morgan fingerprint density at radius 2 is 1.60 bits per heavy atom. The number of carbonyl (C=O) groups is 2. The van der Waals surface area contributed by atoms with E-state index in [1.807, 2.05) is 68.4 Å². The van der Waals surface area contributed by atoms with Crippen LogP contribution in [0.2, 0.25) is 5.02 Å². The number of aryl methyl sites for hydroxylation is 2. The minimum atomic E-state index is -3.86. The van der Waals surface area contributed by atoms with E-state index in [0.29, 0.717) is 17.1 Å². The lowest BCUT2D eigenvalue weighted by atomic mass is 9.94. The summed E-state index contributed by atoms with van der Waals surface area (Å²) in [7, 11) is -3.86. The first-order valence-electron chi connectivity index (χ1n) is 14.4. The van der Waals surface area contributed by atoms with Gasteiger partial charge in [0.1, 0.15) is 12.6 Å². The number of rotatable bonds is 11. The quantitative estimate of drug-likeness (QED) is 0.297. The molecule has 3 aromatic carbocycles. The van der Waals surface area contributed by atoms with Crippen LogP contribution in [0.15, 0.2) is 72.8 Å². The van der Waals surface area contributed by atoms with E-state index in [9.17, 15) is 18.0 Å². The Morgan fingerprint density at radius 1 is 0.929 bits per heavy atom. The van der Waals surface area contributed by atoms with Crippen molar-refractivity contribution in [3.05, 3.63) is 100 Å². The maximum absolute atomic E-state index is 14.3. The number of carbonyl (C=O) groups excluding carboxylic acids is 2. The normalized spacial score (nSPS) is 14.7. The molecule has 42 heavy (non-hydrogen) atoms. The van der Waals surface area contributed by atoms with Gasteiger partial charge in [-0.3, -0.25) is 13.9 Å². The lowest BCUT2D eigenvalue weighted by molar-refractivity contribution is -0.140. The molecular weight excluding hydrogens is 570 g/mol. The molecule has 4 rings (SSSR count). The molecule has 224 valence electrons. The van der Waals surface area contributed by atoms with Crippen LogP contribution in [0.4, 0.5) is 5.69 Å². The topological polar surface area (TPSA) is 86.8 Å². The van der Waals surface area contributed by atoms with Crippen LogP contribution in [0.3, 0.4) is 0 Å². The van der Waals surface area contributed by atoms with Crippen molar-refractivity contribution in [1.82, 2.24) is 10.2 Å². The van der Waals surface area contributed by atoms with Gasteiger partial charge >= 0.3 is 0 Å². The van der Waals surface area contributed by atoms with Crippen molar-refractivity contribution in [1.29, 1.82) is 0 Å². The van der Waals surface area contributed by atoms with E-state index in [1.165, 1.54) is 0 Å². The zero-order chi connectivity index (χ0) is 30.3. The molecule has 0 bridgehead atoms. The van der Waals surface area contributed by atoms with Crippen LogP contribution in [0.1, 0.15) is 54.4 Å². The fourth-order valence-corrected chi connectivity index (χ4v) is 6.44. The van der Waals surface area contributed by atoms with Gasteiger partial charge in [0.05, 0.1) is 11.9 Å². The highest BCUT2D eigenvalue weighted by Crippen LogP contribution is 2.26. The third kappa shape index (κ3) is 8.35. The van der Waals surface area contributed by atoms with Crippen LogP contribution >= 0.6 is 11.6 Å². The van der Waals surface area contributed by atoms with Gasteiger partial charge in [0, 0.05) is 24.0 Å². The molecule has 1 aliphatic carbocycles. The van der Waals surface area contributed by atoms with Crippen molar-refractivity contribution in [2.75, 3.05) is 17.1 Å². The predicted molar refractivity (Wildman–Crippen MR) is 169 cm³/mol. The average molecular weight is 610 g/mol. The van der Waals surface area contributed by atoms with Crippen LogP contribution in [0, 0.1) is 13.8 Å². The molecular formula is C33H40ClN3O4S. The zero-order valence-corrected chi connectivity index (χ0v) is 26.1. The van der Waals surface area contributed by atoms with Gasteiger partial charge in [-0.1, -0.05) is 91.5 Å². The first-order chi connectivity index (χ1) is 20.0. The Balaban J connectivity index is 1.74. The van der Waals surface area contributed by atoms with E-state index in [-0.39, 0.29) is 18.5 Å². The van der Waals surface area contributed by atoms with Crippen molar-refractivity contribution >= 4 is 39.1 Å². The maximum atomic E-state index is 14.3. The summed E-state index contributed by atoms with van der Waals surface area (Å²) < 4.78 is 27.0. The van der Waals surface area contributed by atoms with E-state index in [1.54, 1.807) is 23.1 Å². The summed E-state index contributed by atoms with van der Waals surface area (Å²) in [5, 5.41) is 3.62. The summed E-state index contributed by atoms with van der Waals surface area (Å²) in [5.74, 6) is -0.697. The summed E-state index contributed by atoms with van der Waals surface area (Å²) in [6.07, 6.45) is 6.45. The number of halogens is 1. The Hall–Kier alpha value is -3.36. The Kier molecular flexibility index (Phi) is 10.7. The molecule has 0 heterocycles. The number of sulfonamides is 1. The molecule has 0 unspecified atom stereocenters. The van der Waals surface area contributed by atoms with Gasteiger partial charge in [-0.15, -0.1) is 0 Å². The van der Waals surface area contributed by atoms with Crippen LogP contribution in [-0.2, 0) is 32.6 Å². The van der Waals surface area contributed by atoms with Gasteiger partial charge in [0.15, 0.2) is 0 Å². The lowest BCUT2D eigenvalue weighted by Crippen LogP contribution is -2.55. The van der Waals surface area contributed by atoms with Crippen LogP contribution in [0.25, 0.3) is 0 Å². The SMILES string of the molecule is Cc1ccc(N(CC(=O)N(Cc2ccccc2C)[C@@H](Cc2ccccc2)C(=O)NC2CCCCC2)S(C)(=O)=O)cc1Cl. The second kappa shape index (κ2) is 14.2. The van der Waals surface area contributed by atoms with Crippen molar-refractivity contribution in [3.8, 4) is 0 Å². The fraction of sp³-hybridized carbons (Fsp3) is 0.394. The molecule has 0 saturated heterocycles. The summed E-state index contributed by atoms with van der Waals surface area (Å²) in [4.78, 5) is 29.8. The highest BCUT2D eigenvalue weighted by molar-refractivity contribution is 7.92. The monoisotopic (exact) mass is 609 g/mol. The average Bonchev–Trinajstić information content (AvgIpc) is 2.96. The fourth-order valence-electron chi connectivity index (χ4n) is 5.42. The Morgan fingerprint density at radius 3 is 2.24 bits per heavy atom. The minimum Gasteiger partial charge on any atom is -0.352 e. The largest absolute Gasteiger partial charge is 0.352 e. The molecule has 0 radical (unpaired) electrons. The number of hydrogen-bond donors (Lipinski definition) is 1. The molecule has 0 aromatic heterocycles. The van der Waals surface area contributed by atoms with Crippen LogP contribution in [-0.4, -0.2) is 50.0 Å². The summed E-state index contributed by atoms with van der Waals surface area (Å²) in [6.45, 7) is 3.48. The smallest absolute Gasteiger partial charge is 0.244 e. The molecule has 2 amide bonds. The number of amides is 2. The molecule has 1 saturated carbocycles. The molecule has 3 aromatic rings. The molecule has 9 heteroatoms. The van der Waals surface area contributed by atoms with E-state index in [0.717, 1.165) is 64.9 Å². The summed E-state index contributed by atoms with van der Waals surface area (Å²) in [5.41, 5.74) is 3.87. The first kappa shape index (κ1) is 31.6. The van der Waals surface area contributed by atoms with Crippen molar-refractivity contribution in [2.45, 2.75) is 71.0 Å². The third-order valence-corrected chi connectivity index (χ3v) is 9.49. The van der Waals surface area contributed by atoms with Gasteiger partial charge in [-0.25, -0.2) is 8.42 Å². The van der Waals surface area contributed by atoms with E-state index >= 15 is 0 Å². The van der Waals surface area contributed by atoms with Gasteiger partial charge < -0.3 is 10.2 Å². The highest BCUT2D eigenvalue weighted by atomic mass is 35.5. The van der Waals surface area contributed by atoms with Gasteiger partial charge in [0.2, 0.25) is 21.8 Å².